The van der Waals surface area contributed by atoms with Crippen LogP contribution in [0.15, 0.2) is 47.4 Å². The van der Waals surface area contributed by atoms with Gasteiger partial charge >= 0.3 is 5.51 Å². The Bertz CT molecular complexity index is 818. The minimum absolute atomic E-state index is 0.0385. The van der Waals surface area contributed by atoms with Gasteiger partial charge in [-0.3, -0.25) is 0 Å². The first-order valence-corrected chi connectivity index (χ1v) is 8.14. The van der Waals surface area contributed by atoms with Crippen LogP contribution in [0.2, 0.25) is 0 Å². The van der Waals surface area contributed by atoms with Gasteiger partial charge < -0.3 is 15.2 Å². The highest BCUT2D eigenvalue weighted by Gasteiger charge is 2.46. The van der Waals surface area contributed by atoms with Gasteiger partial charge in [0, 0.05) is 12.2 Å². The number of phenols is 1. The van der Waals surface area contributed by atoms with E-state index in [1.165, 1.54) is 25.3 Å². The van der Waals surface area contributed by atoms with Gasteiger partial charge in [-0.05, 0) is 42.0 Å². The van der Waals surface area contributed by atoms with Crippen LogP contribution in [-0.2, 0) is 16.4 Å². The Labute approximate surface area is 136 Å². The number of alkyl halides is 3. The van der Waals surface area contributed by atoms with E-state index >= 15 is 0 Å². The summed E-state index contributed by atoms with van der Waals surface area (Å²) in [5.41, 5.74) is -4.19. The molecule has 2 aromatic carbocycles. The lowest BCUT2D eigenvalue weighted by Gasteiger charge is -2.11. The van der Waals surface area contributed by atoms with Gasteiger partial charge in [0.25, 0.3) is 9.84 Å². The molecule has 24 heavy (non-hydrogen) atoms. The second kappa shape index (κ2) is 6.60. The van der Waals surface area contributed by atoms with Gasteiger partial charge in [-0.1, -0.05) is 6.07 Å². The SMILES string of the molecule is COc1ccc(CNc2ccc(S(=O)(=O)C(F)(F)F)cc2)cc1O. The highest BCUT2D eigenvalue weighted by Crippen LogP contribution is 2.31. The van der Waals surface area contributed by atoms with Crippen LogP contribution < -0.4 is 10.1 Å². The van der Waals surface area contributed by atoms with E-state index < -0.39 is 20.2 Å². The number of benzene rings is 2. The zero-order chi connectivity index (χ0) is 18.0. The van der Waals surface area contributed by atoms with E-state index in [1.54, 1.807) is 12.1 Å². The fraction of sp³-hybridized carbons (Fsp3) is 0.200. The van der Waals surface area contributed by atoms with Crippen molar-refractivity contribution in [2.75, 3.05) is 12.4 Å². The zero-order valence-corrected chi connectivity index (χ0v) is 13.3. The molecule has 0 aliphatic carbocycles. The van der Waals surface area contributed by atoms with E-state index in [1.807, 2.05) is 0 Å². The number of anilines is 1. The van der Waals surface area contributed by atoms with Crippen molar-refractivity contribution in [1.82, 2.24) is 0 Å². The lowest BCUT2D eigenvalue weighted by atomic mass is 10.2. The smallest absolute Gasteiger partial charge is 0.501 e. The lowest BCUT2D eigenvalue weighted by molar-refractivity contribution is -0.0436. The number of hydrogen-bond acceptors (Lipinski definition) is 5. The molecule has 130 valence electrons. The summed E-state index contributed by atoms with van der Waals surface area (Å²) in [6.07, 6.45) is 0. The summed E-state index contributed by atoms with van der Waals surface area (Å²) in [4.78, 5) is -0.817. The highest BCUT2D eigenvalue weighted by atomic mass is 32.2. The van der Waals surface area contributed by atoms with Gasteiger partial charge in [-0.25, -0.2) is 8.42 Å². The second-order valence-corrected chi connectivity index (χ2v) is 6.77. The van der Waals surface area contributed by atoms with Crippen molar-refractivity contribution >= 4 is 15.5 Å². The summed E-state index contributed by atoms with van der Waals surface area (Å²) >= 11 is 0. The molecule has 2 N–H and O–H groups in total. The Morgan fingerprint density at radius 1 is 1.12 bits per heavy atom. The summed E-state index contributed by atoms with van der Waals surface area (Å²) < 4.78 is 64.8. The molecule has 0 saturated carbocycles. The van der Waals surface area contributed by atoms with Crippen molar-refractivity contribution in [3.63, 3.8) is 0 Å². The number of ether oxygens (including phenoxy) is 1. The average molecular weight is 361 g/mol. The average Bonchev–Trinajstić information content (AvgIpc) is 2.52. The summed E-state index contributed by atoms with van der Waals surface area (Å²) in [7, 11) is -3.93. The molecular weight excluding hydrogens is 347 g/mol. The fourth-order valence-electron chi connectivity index (χ4n) is 1.94. The molecule has 0 radical (unpaired) electrons. The maximum Gasteiger partial charge on any atom is 0.501 e. The van der Waals surface area contributed by atoms with E-state index in [0.717, 1.165) is 12.1 Å². The Morgan fingerprint density at radius 3 is 2.25 bits per heavy atom. The first kappa shape index (κ1) is 17.9. The molecule has 2 rings (SSSR count). The third-order valence-corrected chi connectivity index (χ3v) is 4.71. The Morgan fingerprint density at radius 2 is 1.75 bits per heavy atom. The summed E-state index contributed by atoms with van der Waals surface area (Å²) in [5, 5.41) is 12.6. The molecule has 0 spiro atoms. The molecule has 0 atom stereocenters. The standard InChI is InChI=1S/C15H14F3NO4S/c1-23-14-7-2-10(8-13(14)20)9-19-11-3-5-12(6-4-11)24(21,22)15(16,17)18/h2-8,19-20H,9H2,1H3. The second-order valence-electron chi connectivity index (χ2n) is 4.83. The third kappa shape index (κ3) is 3.73. The first-order chi connectivity index (χ1) is 11.1. The number of aromatic hydroxyl groups is 1. The molecule has 2 aromatic rings. The number of nitrogens with one attached hydrogen (secondary N) is 1. The minimum atomic E-state index is -5.35. The van der Waals surface area contributed by atoms with Crippen molar-refractivity contribution in [3.8, 4) is 11.5 Å². The Kier molecular flexibility index (Phi) is 4.93. The van der Waals surface area contributed by atoms with Crippen molar-refractivity contribution in [2.24, 2.45) is 0 Å². The van der Waals surface area contributed by atoms with Crippen LogP contribution in [0.25, 0.3) is 0 Å². The van der Waals surface area contributed by atoms with E-state index in [2.05, 4.69) is 5.32 Å². The number of halogens is 3. The molecule has 0 aliphatic heterocycles. The molecule has 0 unspecified atom stereocenters. The maximum atomic E-state index is 12.5. The predicted molar refractivity (Wildman–Crippen MR) is 81.7 cm³/mol. The molecule has 0 fully saturated rings. The van der Waals surface area contributed by atoms with Gasteiger partial charge in [-0.15, -0.1) is 0 Å². The molecule has 0 bridgehead atoms. The first-order valence-electron chi connectivity index (χ1n) is 6.66. The molecule has 0 amide bonds. The molecule has 0 aliphatic rings. The van der Waals surface area contributed by atoms with Crippen LogP contribution in [0.1, 0.15) is 5.56 Å². The van der Waals surface area contributed by atoms with Gasteiger partial charge in [0.15, 0.2) is 11.5 Å². The van der Waals surface area contributed by atoms with Crippen LogP contribution in [0.4, 0.5) is 18.9 Å². The topological polar surface area (TPSA) is 75.6 Å². The monoisotopic (exact) mass is 361 g/mol. The third-order valence-electron chi connectivity index (χ3n) is 3.21. The number of phenolic OH excluding ortho intramolecular Hbond substituents is 1. The van der Waals surface area contributed by atoms with Crippen LogP contribution in [-0.4, -0.2) is 26.1 Å². The maximum absolute atomic E-state index is 12.5. The van der Waals surface area contributed by atoms with Crippen molar-refractivity contribution in [3.05, 3.63) is 48.0 Å². The van der Waals surface area contributed by atoms with Crippen LogP contribution in [0, 0.1) is 0 Å². The fourth-order valence-corrected chi connectivity index (χ4v) is 2.70. The van der Waals surface area contributed by atoms with Crippen LogP contribution in [0.5, 0.6) is 11.5 Å². The van der Waals surface area contributed by atoms with Crippen molar-refractivity contribution in [2.45, 2.75) is 16.9 Å². The summed E-state index contributed by atoms with van der Waals surface area (Å²) in [6, 6.07) is 9.00. The van der Waals surface area contributed by atoms with E-state index in [9.17, 15) is 26.7 Å². The van der Waals surface area contributed by atoms with Gasteiger partial charge in [-0.2, -0.15) is 13.2 Å². The zero-order valence-electron chi connectivity index (χ0n) is 12.5. The number of hydrogen-bond donors (Lipinski definition) is 2. The molecule has 0 heterocycles. The van der Waals surface area contributed by atoms with Crippen LogP contribution >= 0.6 is 0 Å². The van der Waals surface area contributed by atoms with Crippen LogP contribution in [0.3, 0.4) is 0 Å². The van der Waals surface area contributed by atoms with E-state index in [4.69, 9.17) is 4.74 Å². The summed E-state index contributed by atoms with van der Waals surface area (Å²) in [5.74, 6) is 0.281. The van der Waals surface area contributed by atoms with E-state index in [-0.39, 0.29) is 12.3 Å². The lowest BCUT2D eigenvalue weighted by Crippen LogP contribution is -2.23. The minimum Gasteiger partial charge on any atom is -0.504 e. The predicted octanol–water partition coefficient (Wildman–Crippen LogP) is 3.31. The largest absolute Gasteiger partial charge is 0.504 e. The molecular formula is C15H14F3NO4S. The highest BCUT2D eigenvalue weighted by molar-refractivity contribution is 7.92. The van der Waals surface area contributed by atoms with Crippen molar-refractivity contribution in [1.29, 1.82) is 0 Å². The molecule has 9 heteroatoms. The van der Waals surface area contributed by atoms with Gasteiger partial charge in [0.1, 0.15) is 0 Å². The van der Waals surface area contributed by atoms with E-state index in [0.29, 0.717) is 17.0 Å². The van der Waals surface area contributed by atoms with Gasteiger partial charge in [0.05, 0.1) is 12.0 Å². The van der Waals surface area contributed by atoms with Gasteiger partial charge in [0.2, 0.25) is 0 Å². The molecule has 5 nitrogen and oxygen atoms in total. The summed E-state index contributed by atoms with van der Waals surface area (Å²) in [6.45, 7) is 0.281. The Balaban J connectivity index is 2.09. The van der Waals surface area contributed by atoms with Crippen molar-refractivity contribution < 1.29 is 31.4 Å². The number of methoxy groups -OCH3 is 1. The normalized spacial score (nSPS) is 12.0. The number of rotatable bonds is 5. The Hall–Kier alpha value is -2.42. The molecule has 0 aromatic heterocycles. The molecule has 0 saturated heterocycles. The quantitative estimate of drug-likeness (QED) is 0.855. The number of sulfone groups is 1.